The largest absolute Gasteiger partial charge is 0.494 e. The maximum absolute atomic E-state index is 13.1. The smallest absolute Gasteiger partial charge is 0.124 e. The van der Waals surface area contributed by atoms with Crippen molar-refractivity contribution in [3.63, 3.8) is 0 Å². The molecule has 0 aliphatic heterocycles. The van der Waals surface area contributed by atoms with Crippen LogP contribution in [0.5, 0.6) is 5.75 Å². The van der Waals surface area contributed by atoms with Gasteiger partial charge in [0.2, 0.25) is 0 Å². The van der Waals surface area contributed by atoms with Crippen LogP contribution in [0, 0.1) is 5.82 Å². The summed E-state index contributed by atoms with van der Waals surface area (Å²) < 4.78 is 18.7. The quantitative estimate of drug-likeness (QED) is 0.817. The molecule has 4 heteroatoms. The second kappa shape index (κ2) is 7.31. The molecule has 2 nitrogen and oxygen atoms in total. The Balaban J connectivity index is 2.03. The Bertz CT molecular complexity index is 562. The Morgan fingerprint density at radius 2 is 2.00 bits per heavy atom. The van der Waals surface area contributed by atoms with Crippen molar-refractivity contribution < 1.29 is 9.13 Å². The summed E-state index contributed by atoms with van der Waals surface area (Å²) >= 11 is 1.54. The molecule has 2 N–H and O–H groups in total. The van der Waals surface area contributed by atoms with Crippen molar-refractivity contribution in [1.29, 1.82) is 0 Å². The van der Waals surface area contributed by atoms with Gasteiger partial charge in [-0.05, 0) is 31.2 Å². The van der Waals surface area contributed by atoms with Crippen molar-refractivity contribution in [2.24, 2.45) is 5.73 Å². The van der Waals surface area contributed by atoms with Gasteiger partial charge in [0, 0.05) is 22.3 Å². The normalized spacial score (nSPS) is 12.2. The lowest BCUT2D eigenvalue weighted by molar-refractivity contribution is 0.335. The molecule has 0 fully saturated rings. The van der Waals surface area contributed by atoms with E-state index in [0.29, 0.717) is 12.4 Å². The van der Waals surface area contributed by atoms with Crippen LogP contribution in [0.25, 0.3) is 0 Å². The SMILES string of the molecule is CCOc1ccccc1C(N)CSc1cccc(F)c1. The average Bonchev–Trinajstić information content (AvgIpc) is 2.46. The molecule has 1 unspecified atom stereocenters. The molecule has 1 atom stereocenters. The monoisotopic (exact) mass is 291 g/mol. The summed E-state index contributed by atoms with van der Waals surface area (Å²) in [7, 11) is 0. The molecule has 0 saturated heterocycles. The lowest BCUT2D eigenvalue weighted by atomic mass is 10.1. The molecular formula is C16H18FNOS. The first-order valence-electron chi connectivity index (χ1n) is 6.56. The molecule has 0 radical (unpaired) electrons. The molecular weight excluding hydrogens is 273 g/mol. The molecule has 0 bridgehead atoms. The summed E-state index contributed by atoms with van der Waals surface area (Å²) in [6, 6.07) is 14.2. The van der Waals surface area contributed by atoms with Crippen molar-refractivity contribution in [1.82, 2.24) is 0 Å². The van der Waals surface area contributed by atoms with E-state index in [2.05, 4.69) is 0 Å². The lowest BCUT2D eigenvalue weighted by Crippen LogP contribution is -2.14. The molecule has 0 aromatic heterocycles. The van der Waals surface area contributed by atoms with Gasteiger partial charge in [-0.25, -0.2) is 4.39 Å². The van der Waals surface area contributed by atoms with E-state index in [1.165, 1.54) is 12.1 Å². The van der Waals surface area contributed by atoms with E-state index in [-0.39, 0.29) is 11.9 Å². The van der Waals surface area contributed by atoms with E-state index in [9.17, 15) is 4.39 Å². The van der Waals surface area contributed by atoms with Crippen LogP contribution >= 0.6 is 11.8 Å². The molecule has 2 aromatic rings. The van der Waals surface area contributed by atoms with Gasteiger partial charge in [0.1, 0.15) is 11.6 Å². The van der Waals surface area contributed by atoms with E-state index >= 15 is 0 Å². The number of benzene rings is 2. The summed E-state index contributed by atoms with van der Waals surface area (Å²) in [5, 5.41) is 0. The van der Waals surface area contributed by atoms with Crippen molar-refractivity contribution in [2.45, 2.75) is 17.9 Å². The average molecular weight is 291 g/mol. The molecule has 106 valence electrons. The van der Waals surface area contributed by atoms with Crippen LogP contribution in [-0.2, 0) is 0 Å². The minimum Gasteiger partial charge on any atom is -0.494 e. The van der Waals surface area contributed by atoms with Crippen LogP contribution in [0.1, 0.15) is 18.5 Å². The zero-order valence-corrected chi connectivity index (χ0v) is 12.2. The third kappa shape index (κ3) is 3.99. The Morgan fingerprint density at radius 3 is 2.75 bits per heavy atom. The Hall–Kier alpha value is -1.52. The fourth-order valence-electron chi connectivity index (χ4n) is 1.91. The van der Waals surface area contributed by atoms with Gasteiger partial charge in [0.25, 0.3) is 0 Å². The second-order valence-electron chi connectivity index (χ2n) is 4.35. The molecule has 2 rings (SSSR count). The third-order valence-corrected chi connectivity index (χ3v) is 3.96. The van der Waals surface area contributed by atoms with Crippen molar-refractivity contribution in [3.8, 4) is 5.75 Å². The van der Waals surface area contributed by atoms with E-state index in [1.807, 2.05) is 37.3 Å². The summed E-state index contributed by atoms with van der Waals surface area (Å²) in [6.45, 7) is 2.56. The van der Waals surface area contributed by atoms with Crippen molar-refractivity contribution in [3.05, 3.63) is 59.9 Å². The van der Waals surface area contributed by atoms with Crippen LogP contribution in [0.15, 0.2) is 53.4 Å². The number of ether oxygens (including phenoxy) is 1. The predicted octanol–water partition coefficient (Wildman–Crippen LogP) is 4.02. The van der Waals surface area contributed by atoms with E-state index in [0.717, 1.165) is 16.2 Å². The highest BCUT2D eigenvalue weighted by atomic mass is 32.2. The number of halogens is 1. The Kier molecular flexibility index (Phi) is 5.44. The second-order valence-corrected chi connectivity index (χ2v) is 5.44. The number of para-hydroxylation sites is 1. The summed E-state index contributed by atoms with van der Waals surface area (Å²) in [5.41, 5.74) is 7.20. The van der Waals surface area contributed by atoms with E-state index < -0.39 is 0 Å². The molecule has 0 heterocycles. The summed E-state index contributed by atoms with van der Waals surface area (Å²) in [6.07, 6.45) is 0. The molecule has 0 spiro atoms. The Labute approximate surface area is 123 Å². The van der Waals surface area contributed by atoms with Gasteiger partial charge >= 0.3 is 0 Å². The van der Waals surface area contributed by atoms with Gasteiger partial charge in [0.05, 0.1) is 6.61 Å². The molecule has 0 saturated carbocycles. The van der Waals surface area contributed by atoms with Crippen LogP contribution < -0.4 is 10.5 Å². The number of hydrogen-bond acceptors (Lipinski definition) is 3. The first kappa shape index (κ1) is 14.9. The predicted molar refractivity (Wildman–Crippen MR) is 81.7 cm³/mol. The minimum absolute atomic E-state index is 0.147. The standard InChI is InChI=1S/C16H18FNOS/c1-2-19-16-9-4-3-8-14(16)15(18)11-20-13-7-5-6-12(17)10-13/h3-10,15H,2,11,18H2,1H3. The van der Waals surface area contributed by atoms with E-state index in [1.54, 1.807) is 17.8 Å². The molecule has 2 aromatic carbocycles. The third-order valence-electron chi connectivity index (χ3n) is 2.84. The topological polar surface area (TPSA) is 35.2 Å². The molecule has 0 aliphatic rings. The highest BCUT2D eigenvalue weighted by Crippen LogP contribution is 2.29. The zero-order valence-electron chi connectivity index (χ0n) is 11.4. The van der Waals surface area contributed by atoms with Crippen LogP contribution in [0.2, 0.25) is 0 Å². The maximum Gasteiger partial charge on any atom is 0.124 e. The number of thioether (sulfide) groups is 1. The lowest BCUT2D eigenvalue weighted by Gasteiger charge is -2.16. The highest BCUT2D eigenvalue weighted by molar-refractivity contribution is 7.99. The fourth-order valence-corrected chi connectivity index (χ4v) is 2.83. The van der Waals surface area contributed by atoms with Gasteiger partial charge in [-0.3, -0.25) is 0 Å². The molecule has 20 heavy (non-hydrogen) atoms. The van der Waals surface area contributed by atoms with Gasteiger partial charge in [0.15, 0.2) is 0 Å². The maximum atomic E-state index is 13.1. The number of rotatable bonds is 6. The number of nitrogens with two attached hydrogens (primary N) is 1. The van der Waals surface area contributed by atoms with Crippen LogP contribution in [-0.4, -0.2) is 12.4 Å². The Morgan fingerprint density at radius 1 is 1.20 bits per heavy atom. The molecule has 0 aliphatic carbocycles. The highest BCUT2D eigenvalue weighted by Gasteiger charge is 2.12. The fraction of sp³-hybridized carbons (Fsp3) is 0.250. The van der Waals surface area contributed by atoms with Crippen molar-refractivity contribution in [2.75, 3.05) is 12.4 Å². The molecule has 0 amide bonds. The van der Waals surface area contributed by atoms with Gasteiger partial charge in [-0.1, -0.05) is 24.3 Å². The minimum atomic E-state index is -0.224. The van der Waals surface area contributed by atoms with Crippen molar-refractivity contribution >= 4 is 11.8 Å². The summed E-state index contributed by atoms with van der Waals surface area (Å²) in [4.78, 5) is 0.884. The van der Waals surface area contributed by atoms with Crippen LogP contribution in [0.4, 0.5) is 4.39 Å². The zero-order chi connectivity index (χ0) is 14.4. The first-order chi connectivity index (χ1) is 9.70. The van der Waals surface area contributed by atoms with Gasteiger partial charge in [-0.15, -0.1) is 11.8 Å². The number of hydrogen-bond donors (Lipinski definition) is 1. The first-order valence-corrected chi connectivity index (χ1v) is 7.55. The van der Waals surface area contributed by atoms with Crippen LogP contribution in [0.3, 0.4) is 0 Å². The summed E-state index contributed by atoms with van der Waals surface area (Å²) in [5.74, 6) is 1.27. The van der Waals surface area contributed by atoms with Gasteiger partial charge in [-0.2, -0.15) is 0 Å². The van der Waals surface area contributed by atoms with E-state index in [4.69, 9.17) is 10.5 Å². The van der Waals surface area contributed by atoms with Gasteiger partial charge < -0.3 is 10.5 Å².